The maximum Gasteiger partial charge on any atom is 0.243 e. The molecule has 25 heavy (non-hydrogen) atoms. The van der Waals surface area contributed by atoms with Crippen LogP contribution in [0.5, 0.6) is 17.2 Å². The molecule has 0 N–H and O–H groups in total. The first kappa shape index (κ1) is 17.6. The average molecular weight is 363 g/mol. The Labute approximate surface area is 148 Å². The van der Waals surface area contributed by atoms with Crippen LogP contribution in [0.2, 0.25) is 0 Å². The first-order valence-electron chi connectivity index (χ1n) is 8.03. The monoisotopic (exact) mass is 363 g/mol. The fourth-order valence-corrected chi connectivity index (χ4v) is 3.66. The summed E-state index contributed by atoms with van der Waals surface area (Å²) in [6, 6.07) is 12.3. The summed E-state index contributed by atoms with van der Waals surface area (Å²) < 4.78 is 43.2. The summed E-state index contributed by atoms with van der Waals surface area (Å²) in [5.74, 6) is 1.78. The van der Waals surface area contributed by atoms with E-state index in [4.69, 9.17) is 14.2 Å². The maximum absolute atomic E-state index is 12.7. The van der Waals surface area contributed by atoms with E-state index in [1.54, 1.807) is 6.07 Å². The van der Waals surface area contributed by atoms with Gasteiger partial charge in [0.25, 0.3) is 0 Å². The molecule has 2 aromatic carbocycles. The Hall–Kier alpha value is -2.25. The molecule has 0 atom stereocenters. The summed E-state index contributed by atoms with van der Waals surface area (Å²) in [7, 11) is -2.08. The largest absolute Gasteiger partial charge is 0.492 e. The number of fused-ring (bicyclic) bond motifs is 1. The quantitative estimate of drug-likeness (QED) is 0.789. The van der Waals surface area contributed by atoms with Gasteiger partial charge in [0.2, 0.25) is 10.0 Å². The summed E-state index contributed by atoms with van der Waals surface area (Å²) in [5.41, 5.74) is 1.01. The van der Waals surface area contributed by atoms with E-state index in [1.165, 1.54) is 23.5 Å². The zero-order valence-corrected chi connectivity index (χ0v) is 15.1. The highest BCUT2D eigenvalue weighted by Crippen LogP contribution is 2.32. The van der Waals surface area contributed by atoms with Crippen molar-refractivity contribution in [2.24, 2.45) is 0 Å². The number of hydrogen-bond donors (Lipinski definition) is 0. The number of hydrogen-bond acceptors (Lipinski definition) is 5. The molecule has 0 fully saturated rings. The minimum atomic E-state index is -3.62. The van der Waals surface area contributed by atoms with Crippen molar-refractivity contribution in [2.45, 2.75) is 11.8 Å². The first-order chi connectivity index (χ1) is 12.0. The zero-order valence-electron chi connectivity index (χ0n) is 14.3. The van der Waals surface area contributed by atoms with E-state index in [0.29, 0.717) is 24.7 Å². The second kappa shape index (κ2) is 7.33. The van der Waals surface area contributed by atoms with Gasteiger partial charge < -0.3 is 14.2 Å². The van der Waals surface area contributed by atoms with Crippen LogP contribution in [0, 0.1) is 6.92 Å². The Morgan fingerprint density at radius 3 is 2.56 bits per heavy atom. The van der Waals surface area contributed by atoms with Crippen molar-refractivity contribution >= 4 is 10.0 Å². The van der Waals surface area contributed by atoms with E-state index in [1.807, 2.05) is 31.2 Å². The molecule has 1 heterocycles. The molecule has 1 aliphatic heterocycles. The Kier molecular flexibility index (Phi) is 5.15. The smallest absolute Gasteiger partial charge is 0.243 e. The molecule has 2 aromatic rings. The molecule has 134 valence electrons. The van der Waals surface area contributed by atoms with Gasteiger partial charge in [-0.2, -0.15) is 4.31 Å². The van der Waals surface area contributed by atoms with E-state index in [2.05, 4.69) is 0 Å². The van der Waals surface area contributed by atoms with Gasteiger partial charge in [-0.15, -0.1) is 0 Å². The molecule has 0 spiro atoms. The number of para-hydroxylation sites is 1. The lowest BCUT2D eigenvalue weighted by Gasteiger charge is -2.21. The topological polar surface area (TPSA) is 65.1 Å². The van der Waals surface area contributed by atoms with Crippen molar-refractivity contribution in [2.75, 3.05) is 33.4 Å². The van der Waals surface area contributed by atoms with E-state index in [0.717, 1.165) is 11.3 Å². The predicted octanol–water partition coefficient (Wildman–Crippen LogP) is 2.47. The highest BCUT2D eigenvalue weighted by Gasteiger charge is 2.23. The number of rotatable bonds is 6. The number of nitrogens with zero attached hydrogens (tertiary/aromatic N) is 1. The summed E-state index contributed by atoms with van der Waals surface area (Å²) >= 11 is 0. The second-order valence-corrected chi connectivity index (χ2v) is 7.79. The van der Waals surface area contributed by atoms with Crippen LogP contribution in [-0.4, -0.2) is 46.1 Å². The molecule has 7 heteroatoms. The van der Waals surface area contributed by atoms with Crippen molar-refractivity contribution in [1.82, 2.24) is 4.31 Å². The van der Waals surface area contributed by atoms with Gasteiger partial charge in [-0.05, 0) is 30.7 Å². The molecule has 1 aliphatic rings. The minimum absolute atomic E-state index is 0.176. The van der Waals surface area contributed by atoms with E-state index in [9.17, 15) is 8.42 Å². The molecule has 0 unspecified atom stereocenters. The predicted molar refractivity (Wildman–Crippen MR) is 93.9 cm³/mol. The summed E-state index contributed by atoms with van der Waals surface area (Å²) in [6.45, 7) is 3.34. The maximum atomic E-state index is 12.7. The number of sulfonamides is 1. The number of likely N-dealkylation sites (N-methyl/N-ethyl adjacent to an activating group) is 1. The van der Waals surface area contributed by atoms with Crippen molar-refractivity contribution < 1.29 is 22.6 Å². The average Bonchev–Trinajstić information content (AvgIpc) is 2.62. The molecular weight excluding hydrogens is 342 g/mol. The van der Waals surface area contributed by atoms with E-state index in [-0.39, 0.29) is 18.0 Å². The summed E-state index contributed by atoms with van der Waals surface area (Å²) in [6.07, 6.45) is 0. The van der Waals surface area contributed by atoms with E-state index < -0.39 is 10.0 Å². The number of ether oxygens (including phenoxy) is 3. The van der Waals surface area contributed by atoms with Crippen LogP contribution in [-0.2, 0) is 10.0 Å². The standard InChI is InChI=1S/C18H21NO5S/c1-14-5-3-4-6-16(14)22-10-9-19(2)25(20,21)15-7-8-17-18(13-15)24-12-11-23-17/h3-8,13H,9-12H2,1-2H3. The van der Waals surface area contributed by atoms with Crippen molar-refractivity contribution in [3.05, 3.63) is 48.0 Å². The Morgan fingerprint density at radius 2 is 1.80 bits per heavy atom. The molecule has 6 nitrogen and oxygen atoms in total. The third-order valence-corrected chi connectivity index (χ3v) is 5.83. The molecular formula is C18H21NO5S. The fourth-order valence-electron chi connectivity index (χ4n) is 2.49. The molecule has 0 radical (unpaired) electrons. The van der Waals surface area contributed by atoms with Crippen LogP contribution in [0.3, 0.4) is 0 Å². The van der Waals surface area contributed by atoms with Crippen molar-refractivity contribution in [3.8, 4) is 17.2 Å². The number of aryl methyl sites for hydroxylation is 1. The minimum Gasteiger partial charge on any atom is -0.492 e. The lowest BCUT2D eigenvalue weighted by atomic mass is 10.2. The zero-order chi connectivity index (χ0) is 17.9. The first-order valence-corrected chi connectivity index (χ1v) is 9.47. The van der Waals surface area contributed by atoms with Gasteiger partial charge in [-0.1, -0.05) is 18.2 Å². The molecule has 0 aromatic heterocycles. The van der Waals surface area contributed by atoms with Crippen molar-refractivity contribution in [1.29, 1.82) is 0 Å². The van der Waals surface area contributed by atoms with Crippen LogP contribution in [0.1, 0.15) is 5.56 Å². The third kappa shape index (κ3) is 3.88. The van der Waals surface area contributed by atoms with Gasteiger partial charge >= 0.3 is 0 Å². The molecule has 0 aliphatic carbocycles. The van der Waals surface area contributed by atoms with Gasteiger partial charge in [0.1, 0.15) is 25.6 Å². The summed E-state index contributed by atoms with van der Waals surface area (Å²) in [5, 5.41) is 0. The fraction of sp³-hybridized carbons (Fsp3) is 0.333. The van der Waals surface area contributed by atoms with Crippen LogP contribution < -0.4 is 14.2 Å². The van der Waals surface area contributed by atoms with E-state index >= 15 is 0 Å². The van der Waals surface area contributed by atoms with Crippen LogP contribution in [0.15, 0.2) is 47.4 Å². The number of benzene rings is 2. The van der Waals surface area contributed by atoms with Crippen LogP contribution in [0.25, 0.3) is 0 Å². The lowest BCUT2D eigenvalue weighted by molar-refractivity contribution is 0.171. The molecule has 0 bridgehead atoms. The Bertz CT molecular complexity index is 850. The molecule has 3 rings (SSSR count). The lowest BCUT2D eigenvalue weighted by Crippen LogP contribution is -2.31. The van der Waals surface area contributed by atoms with Crippen LogP contribution in [0.4, 0.5) is 0 Å². The molecule has 0 saturated carbocycles. The highest BCUT2D eigenvalue weighted by atomic mass is 32.2. The SMILES string of the molecule is Cc1ccccc1OCCN(C)S(=O)(=O)c1ccc2c(c1)OCCO2. The van der Waals surface area contributed by atoms with Crippen LogP contribution >= 0.6 is 0 Å². The van der Waals surface area contributed by atoms with Gasteiger partial charge in [-0.3, -0.25) is 0 Å². The van der Waals surface area contributed by atoms with Gasteiger partial charge in [0.05, 0.1) is 4.90 Å². The molecule has 0 saturated heterocycles. The third-order valence-electron chi connectivity index (χ3n) is 3.98. The Morgan fingerprint density at radius 1 is 1.08 bits per heavy atom. The second-order valence-electron chi connectivity index (χ2n) is 5.75. The Balaban J connectivity index is 1.66. The summed E-state index contributed by atoms with van der Waals surface area (Å²) in [4.78, 5) is 0.176. The van der Waals surface area contributed by atoms with Gasteiger partial charge in [-0.25, -0.2) is 8.42 Å². The normalized spacial score (nSPS) is 13.7. The highest BCUT2D eigenvalue weighted by molar-refractivity contribution is 7.89. The van der Waals surface area contributed by atoms with Gasteiger partial charge in [0.15, 0.2) is 11.5 Å². The molecule has 0 amide bonds. The van der Waals surface area contributed by atoms with Gasteiger partial charge in [0, 0.05) is 19.7 Å². The van der Waals surface area contributed by atoms with Crippen molar-refractivity contribution in [3.63, 3.8) is 0 Å².